The predicted octanol–water partition coefficient (Wildman–Crippen LogP) is 3.27. The van der Waals surface area contributed by atoms with Gasteiger partial charge in [-0.25, -0.2) is 5.43 Å². The summed E-state index contributed by atoms with van der Waals surface area (Å²) in [5.74, 6) is 1.01. The molecule has 1 amide bonds. The van der Waals surface area contributed by atoms with Gasteiger partial charge in [0, 0.05) is 5.02 Å². The molecule has 0 spiro atoms. The first-order valence-electron chi connectivity index (χ1n) is 7.10. The van der Waals surface area contributed by atoms with E-state index in [1.165, 1.54) is 6.21 Å². The number of halogens is 1. The van der Waals surface area contributed by atoms with Gasteiger partial charge in [0.1, 0.15) is 11.5 Å². The molecule has 0 saturated heterocycles. The highest BCUT2D eigenvalue weighted by Gasteiger charge is 2.01. The van der Waals surface area contributed by atoms with E-state index in [0.717, 1.165) is 11.3 Å². The van der Waals surface area contributed by atoms with E-state index >= 15 is 0 Å². The van der Waals surface area contributed by atoms with E-state index in [4.69, 9.17) is 21.1 Å². The van der Waals surface area contributed by atoms with E-state index in [9.17, 15) is 4.79 Å². The van der Waals surface area contributed by atoms with Gasteiger partial charge in [-0.2, -0.15) is 5.10 Å². The fraction of sp³-hybridized carbons (Fsp3) is 0.176. The molecule has 0 saturated carbocycles. The fourth-order valence-electron chi connectivity index (χ4n) is 1.71. The SMILES string of the molecule is CCOc1ccc(OCC(=O)N/N=C/c2ccc(Cl)cc2)cc1. The molecule has 0 aliphatic heterocycles. The van der Waals surface area contributed by atoms with Gasteiger partial charge in [-0.05, 0) is 48.9 Å². The zero-order chi connectivity index (χ0) is 16.5. The number of carbonyl (C=O) groups excluding carboxylic acids is 1. The van der Waals surface area contributed by atoms with Crippen molar-refractivity contribution in [2.24, 2.45) is 5.10 Å². The lowest BCUT2D eigenvalue weighted by Gasteiger charge is -2.06. The first-order valence-corrected chi connectivity index (χ1v) is 7.48. The van der Waals surface area contributed by atoms with Crippen molar-refractivity contribution in [2.75, 3.05) is 13.2 Å². The van der Waals surface area contributed by atoms with Gasteiger partial charge in [-0.15, -0.1) is 0 Å². The summed E-state index contributed by atoms with van der Waals surface area (Å²) in [5.41, 5.74) is 3.23. The summed E-state index contributed by atoms with van der Waals surface area (Å²) in [7, 11) is 0. The lowest BCUT2D eigenvalue weighted by molar-refractivity contribution is -0.123. The van der Waals surface area contributed by atoms with Gasteiger partial charge in [0.2, 0.25) is 0 Å². The van der Waals surface area contributed by atoms with Crippen molar-refractivity contribution in [1.29, 1.82) is 0 Å². The second-order valence-electron chi connectivity index (χ2n) is 4.54. The van der Waals surface area contributed by atoms with Gasteiger partial charge in [0.15, 0.2) is 6.61 Å². The minimum atomic E-state index is -0.343. The van der Waals surface area contributed by atoms with Gasteiger partial charge in [0.05, 0.1) is 12.8 Å². The van der Waals surface area contributed by atoms with Crippen molar-refractivity contribution in [1.82, 2.24) is 5.43 Å². The molecule has 0 heterocycles. The largest absolute Gasteiger partial charge is 0.494 e. The Labute approximate surface area is 139 Å². The van der Waals surface area contributed by atoms with Crippen molar-refractivity contribution >= 4 is 23.7 Å². The Bertz CT molecular complexity index is 655. The molecule has 1 N–H and O–H groups in total. The van der Waals surface area contributed by atoms with Crippen LogP contribution in [-0.2, 0) is 4.79 Å². The standard InChI is InChI=1S/C17H17ClN2O3/c1-2-22-15-7-9-16(10-8-15)23-12-17(21)20-19-11-13-3-5-14(18)6-4-13/h3-11H,2,12H2,1H3,(H,20,21)/b19-11+. The maximum Gasteiger partial charge on any atom is 0.277 e. The second kappa shape index (κ2) is 8.80. The molecule has 0 bridgehead atoms. The van der Waals surface area contributed by atoms with E-state index in [-0.39, 0.29) is 12.5 Å². The molecular weight excluding hydrogens is 316 g/mol. The Morgan fingerprint density at radius 2 is 1.70 bits per heavy atom. The first kappa shape index (κ1) is 16.8. The minimum absolute atomic E-state index is 0.119. The molecule has 5 nitrogen and oxygen atoms in total. The second-order valence-corrected chi connectivity index (χ2v) is 4.97. The van der Waals surface area contributed by atoms with Crippen LogP contribution in [0, 0.1) is 0 Å². The third kappa shape index (κ3) is 6.00. The molecule has 120 valence electrons. The van der Waals surface area contributed by atoms with Crippen LogP contribution in [0.15, 0.2) is 53.6 Å². The molecule has 0 unspecified atom stereocenters. The van der Waals surface area contributed by atoms with E-state index in [0.29, 0.717) is 17.4 Å². The molecule has 0 atom stereocenters. The van der Waals surface area contributed by atoms with Gasteiger partial charge >= 0.3 is 0 Å². The number of hydrazone groups is 1. The molecule has 0 fully saturated rings. The molecule has 0 aromatic heterocycles. The normalized spacial score (nSPS) is 10.5. The van der Waals surface area contributed by atoms with Gasteiger partial charge < -0.3 is 9.47 Å². The summed E-state index contributed by atoms with van der Waals surface area (Å²) >= 11 is 5.78. The van der Waals surface area contributed by atoms with Crippen LogP contribution in [0.1, 0.15) is 12.5 Å². The Kier molecular flexibility index (Phi) is 6.44. The summed E-state index contributed by atoms with van der Waals surface area (Å²) in [6, 6.07) is 14.2. The minimum Gasteiger partial charge on any atom is -0.494 e. The molecule has 0 radical (unpaired) electrons. The van der Waals surface area contributed by atoms with Crippen LogP contribution in [0.2, 0.25) is 5.02 Å². The van der Waals surface area contributed by atoms with Gasteiger partial charge in [0.25, 0.3) is 5.91 Å². The lowest BCUT2D eigenvalue weighted by atomic mass is 10.2. The van der Waals surface area contributed by atoms with Gasteiger partial charge in [-0.1, -0.05) is 23.7 Å². The summed E-state index contributed by atoms with van der Waals surface area (Å²) in [6.07, 6.45) is 1.53. The number of amides is 1. The maximum atomic E-state index is 11.6. The van der Waals surface area contributed by atoms with Crippen molar-refractivity contribution in [3.63, 3.8) is 0 Å². The number of nitrogens with zero attached hydrogens (tertiary/aromatic N) is 1. The molecule has 2 rings (SSSR count). The summed E-state index contributed by atoms with van der Waals surface area (Å²) < 4.78 is 10.7. The topological polar surface area (TPSA) is 59.9 Å². The number of carbonyl (C=O) groups is 1. The quantitative estimate of drug-likeness (QED) is 0.625. The Hall–Kier alpha value is -2.53. The molecule has 0 aliphatic rings. The van der Waals surface area contributed by atoms with Crippen LogP contribution in [0.3, 0.4) is 0 Å². The number of rotatable bonds is 7. The van der Waals surface area contributed by atoms with E-state index in [2.05, 4.69) is 10.5 Å². The highest BCUT2D eigenvalue weighted by atomic mass is 35.5. The fourth-order valence-corrected chi connectivity index (χ4v) is 1.83. The molecular formula is C17H17ClN2O3. The highest BCUT2D eigenvalue weighted by molar-refractivity contribution is 6.30. The maximum absolute atomic E-state index is 11.6. The highest BCUT2D eigenvalue weighted by Crippen LogP contribution is 2.17. The smallest absolute Gasteiger partial charge is 0.277 e. The van der Waals surface area contributed by atoms with Crippen LogP contribution in [0.5, 0.6) is 11.5 Å². The molecule has 2 aromatic rings. The van der Waals surface area contributed by atoms with E-state index in [1.54, 1.807) is 48.5 Å². The molecule has 2 aromatic carbocycles. The van der Waals surface area contributed by atoms with Crippen molar-refractivity contribution in [2.45, 2.75) is 6.92 Å². The van der Waals surface area contributed by atoms with Crippen LogP contribution >= 0.6 is 11.6 Å². The lowest BCUT2D eigenvalue weighted by Crippen LogP contribution is -2.24. The number of nitrogens with one attached hydrogen (secondary N) is 1. The monoisotopic (exact) mass is 332 g/mol. The summed E-state index contributed by atoms with van der Waals surface area (Å²) in [6.45, 7) is 2.40. The summed E-state index contributed by atoms with van der Waals surface area (Å²) in [5, 5.41) is 4.50. The Morgan fingerprint density at radius 3 is 2.30 bits per heavy atom. The number of benzene rings is 2. The first-order chi connectivity index (χ1) is 11.2. The summed E-state index contributed by atoms with van der Waals surface area (Å²) in [4.78, 5) is 11.6. The molecule has 23 heavy (non-hydrogen) atoms. The van der Waals surface area contributed by atoms with Crippen LogP contribution in [0.4, 0.5) is 0 Å². The van der Waals surface area contributed by atoms with Crippen molar-refractivity contribution in [3.8, 4) is 11.5 Å². The predicted molar refractivity (Wildman–Crippen MR) is 90.3 cm³/mol. The average molecular weight is 333 g/mol. The van der Waals surface area contributed by atoms with Crippen LogP contribution < -0.4 is 14.9 Å². The Morgan fingerprint density at radius 1 is 1.09 bits per heavy atom. The molecule has 6 heteroatoms. The van der Waals surface area contributed by atoms with Crippen LogP contribution in [0.25, 0.3) is 0 Å². The molecule has 0 aliphatic carbocycles. The van der Waals surface area contributed by atoms with E-state index < -0.39 is 0 Å². The van der Waals surface area contributed by atoms with Crippen molar-refractivity contribution < 1.29 is 14.3 Å². The number of hydrogen-bond donors (Lipinski definition) is 1. The Balaban J connectivity index is 1.75. The van der Waals surface area contributed by atoms with Gasteiger partial charge in [-0.3, -0.25) is 4.79 Å². The third-order valence-corrected chi connectivity index (χ3v) is 3.03. The van der Waals surface area contributed by atoms with Crippen molar-refractivity contribution in [3.05, 3.63) is 59.1 Å². The average Bonchev–Trinajstić information content (AvgIpc) is 2.56. The third-order valence-electron chi connectivity index (χ3n) is 2.78. The van der Waals surface area contributed by atoms with Crippen LogP contribution in [-0.4, -0.2) is 25.3 Å². The zero-order valence-electron chi connectivity index (χ0n) is 12.7. The number of ether oxygens (including phenoxy) is 2. The van der Waals surface area contributed by atoms with E-state index in [1.807, 2.05) is 6.92 Å². The number of hydrogen-bond acceptors (Lipinski definition) is 4. The zero-order valence-corrected chi connectivity index (χ0v) is 13.4.